The second-order valence-corrected chi connectivity index (χ2v) is 6.07. The summed E-state index contributed by atoms with van der Waals surface area (Å²) in [6, 6.07) is 0. The van der Waals surface area contributed by atoms with Crippen LogP contribution < -0.4 is 21.9 Å². The molecule has 124 valence electrons. The maximum atomic E-state index is 11.8. The zero-order chi connectivity index (χ0) is 15.2. The van der Waals surface area contributed by atoms with E-state index in [2.05, 4.69) is 31.5 Å². The number of nitrogens with zero attached hydrogens (tertiary/aromatic N) is 1. The average molecular weight is 396 g/mol. The van der Waals surface area contributed by atoms with Crippen molar-refractivity contribution in [2.24, 2.45) is 5.92 Å². The zero-order valence-electron chi connectivity index (χ0n) is 12.1. The van der Waals surface area contributed by atoms with Crippen LogP contribution in [-0.2, 0) is 11.3 Å². The Kier molecular flexibility index (Phi) is 7.84. The van der Waals surface area contributed by atoms with Crippen molar-refractivity contribution in [3.63, 3.8) is 0 Å². The molecule has 1 fully saturated rings. The van der Waals surface area contributed by atoms with E-state index in [0.29, 0.717) is 12.5 Å². The number of carbonyl (C=O) groups is 1. The van der Waals surface area contributed by atoms with E-state index >= 15 is 0 Å². The molecule has 1 aliphatic rings. The largest absolute Gasteiger partial charge is 0.355 e. The third kappa shape index (κ3) is 5.58. The predicted octanol–water partition coefficient (Wildman–Crippen LogP) is 0.227. The second kappa shape index (κ2) is 9.12. The SMILES string of the molecule is Cl.O=C(Cn1cc(Br)c(=O)[nH]c1=O)NCCC1CCCNC1. The zero-order valence-corrected chi connectivity index (χ0v) is 14.5. The maximum absolute atomic E-state index is 11.8. The van der Waals surface area contributed by atoms with Crippen LogP contribution in [0.3, 0.4) is 0 Å². The molecule has 0 saturated carbocycles. The normalized spacial score (nSPS) is 17.6. The first-order valence-electron chi connectivity index (χ1n) is 7.03. The van der Waals surface area contributed by atoms with Gasteiger partial charge in [-0.05, 0) is 54.2 Å². The molecule has 1 aromatic heterocycles. The van der Waals surface area contributed by atoms with Crippen LogP contribution in [0.25, 0.3) is 0 Å². The highest BCUT2D eigenvalue weighted by atomic mass is 79.9. The quantitative estimate of drug-likeness (QED) is 0.665. The van der Waals surface area contributed by atoms with Gasteiger partial charge in [0, 0.05) is 12.7 Å². The fraction of sp³-hybridized carbons (Fsp3) is 0.615. The molecule has 1 saturated heterocycles. The number of hydrogen-bond donors (Lipinski definition) is 3. The molecule has 2 rings (SSSR count). The Bertz CT molecular complexity index is 610. The lowest BCUT2D eigenvalue weighted by Crippen LogP contribution is -2.37. The molecule has 0 aliphatic carbocycles. The molecular formula is C13H20BrClN4O3. The highest BCUT2D eigenvalue weighted by molar-refractivity contribution is 9.10. The van der Waals surface area contributed by atoms with E-state index < -0.39 is 11.2 Å². The summed E-state index contributed by atoms with van der Waals surface area (Å²) >= 11 is 3.03. The summed E-state index contributed by atoms with van der Waals surface area (Å²) in [5.74, 6) is 0.365. The third-order valence-corrected chi connectivity index (χ3v) is 4.12. The molecule has 1 amide bonds. The lowest BCUT2D eigenvalue weighted by molar-refractivity contribution is -0.121. The summed E-state index contributed by atoms with van der Waals surface area (Å²) in [5, 5.41) is 6.14. The van der Waals surface area contributed by atoms with Crippen molar-refractivity contribution in [3.8, 4) is 0 Å². The highest BCUT2D eigenvalue weighted by Gasteiger charge is 2.13. The first-order chi connectivity index (χ1) is 10.1. The summed E-state index contributed by atoms with van der Waals surface area (Å²) in [6.07, 6.45) is 4.63. The number of amides is 1. The lowest BCUT2D eigenvalue weighted by atomic mass is 9.96. The topological polar surface area (TPSA) is 96.0 Å². The molecule has 0 aromatic carbocycles. The van der Waals surface area contributed by atoms with Crippen molar-refractivity contribution in [2.75, 3.05) is 19.6 Å². The standard InChI is InChI=1S/C13H19BrN4O3.ClH/c14-10-7-18(13(21)17-12(10)20)8-11(19)16-5-3-9-2-1-4-15-6-9;/h7,9,15H,1-6,8H2,(H,16,19)(H,17,20,21);1H. The first kappa shape index (κ1) is 18.9. The number of halogens is 2. The number of piperidine rings is 1. The summed E-state index contributed by atoms with van der Waals surface area (Å²) in [5.41, 5.74) is -1.09. The van der Waals surface area contributed by atoms with Crippen molar-refractivity contribution in [1.29, 1.82) is 0 Å². The fourth-order valence-corrected chi connectivity index (χ4v) is 2.74. The minimum absolute atomic E-state index is 0. The Morgan fingerprint density at radius 3 is 2.91 bits per heavy atom. The Labute approximate surface area is 142 Å². The van der Waals surface area contributed by atoms with Gasteiger partial charge in [-0.3, -0.25) is 19.1 Å². The first-order valence-corrected chi connectivity index (χ1v) is 7.82. The van der Waals surface area contributed by atoms with Crippen LogP contribution >= 0.6 is 28.3 Å². The third-order valence-electron chi connectivity index (χ3n) is 3.56. The fourth-order valence-electron chi connectivity index (χ4n) is 2.40. The van der Waals surface area contributed by atoms with Crippen LogP contribution in [0.4, 0.5) is 0 Å². The summed E-state index contributed by atoms with van der Waals surface area (Å²) in [7, 11) is 0. The van der Waals surface area contributed by atoms with Crippen molar-refractivity contribution in [2.45, 2.75) is 25.8 Å². The molecule has 3 N–H and O–H groups in total. The molecule has 0 radical (unpaired) electrons. The van der Waals surface area contributed by atoms with E-state index in [-0.39, 0.29) is 29.3 Å². The van der Waals surface area contributed by atoms with Crippen molar-refractivity contribution in [3.05, 3.63) is 31.5 Å². The molecule has 1 atom stereocenters. The van der Waals surface area contributed by atoms with Crippen LogP contribution in [0.2, 0.25) is 0 Å². The van der Waals surface area contributed by atoms with E-state index in [9.17, 15) is 14.4 Å². The van der Waals surface area contributed by atoms with Crippen LogP contribution in [0.1, 0.15) is 19.3 Å². The molecule has 1 aromatic rings. The molecule has 7 nitrogen and oxygen atoms in total. The van der Waals surface area contributed by atoms with E-state index in [1.54, 1.807) is 0 Å². The van der Waals surface area contributed by atoms with Gasteiger partial charge in [-0.25, -0.2) is 4.79 Å². The Hall–Kier alpha value is -1.12. The van der Waals surface area contributed by atoms with Gasteiger partial charge in [0.1, 0.15) is 6.54 Å². The van der Waals surface area contributed by atoms with Crippen LogP contribution in [0.15, 0.2) is 20.3 Å². The van der Waals surface area contributed by atoms with Gasteiger partial charge in [0.15, 0.2) is 0 Å². The van der Waals surface area contributed by atoms with Gasteiger partial charge in [-0.1, -0.05) is 0 Å². The van der Waals surface area contributed by atoms with Gasteiger partial charge < -0.3 is 10.6 Å². The number of aromatic nitrogens is 2. The number of carbonyl (C=O) groups excluding carboxylic acids is 1. The van der Waals surface area contributed by atoms with Gasteiger partial charge in [-0.15, -0.1) is 12.4 Å². The lowest BCUT2D eigenvalue weighted by Gasteiger charge is -2.22. The Morgan fingerprint density at radius 1 is 1.45 bits per heavy atom. The number of H-pyrrole nitrogens is 1. The van der Waals surface area contributed by atoms with Crippen molar-refractivity contribution in [1.82, 2.24) is 20.2 Å². The molecule has 1 aliphatic heterocycles. The van der Waals surface area contributed by atoms with Gasteiger partial charge in [0.25, 0.3) is 5.56 Å². The number of aromatic amines is 1. The van der Waals surface area contributed by atoms with Crippen LogP contribution in [0.5, 0.6) is 0 Å². The molecule has 22 heavy (non-hydrogen) atoms. The Balaban J connectivity index is 0.00000242. The van der Waals surface area contributed by atoms with E-state index in [1.807, 2.05) is 0 Å². The van der Waals surface area contributed by atoms with Gasteiger partial charge in [-0.2, -0.15) is 0 Å². The van der Waals surface area contributed by atoms with Crippen LogP contribution in [0, 0.1) is 5.92 Å². The number of hydrogen-bond acceptors (Lipinski definition) is 4. The van der Waals surface area contributed by atoms with E-state index in [0.717, 1.165) is 19.5 Å². The van der Waals surface area contributed by atoms with Crippen molar-refractivity contribution >= 4 is 34.2 Å². The number of rotatable bonds is 5. The molecular weight excluding hydrogens is 376 g/mol. The minimum Gasteiger partial charge on any atom is -0.355 e. The smallest absolute Gasteiger partial charge is 0.328 e. The summed E-state index contributed by atoms with van der Waals surface area (Å²) in [6.45, 7) is 2.58. The molecule has 2 heterocycles. The molecule has 0 spiro atoms. The molecule has 9 heteroatoms. The van der Waals surface area contributed by atoms with E-state index in [1.165, 1.54) is 23.6 Å². The summed E-state index contributed by atoms with van der Waals surface area (Å²) < 4.78 is 1.39. The summed E-state index contributed by atoms with van der Waals surface area (Å²) in [4.78, 5) is 36.7. The van der Waals surface area contributed by atoms with Gasteiger partial charge in [0.05, 0.1) is 4.47 Å². The monoisotopic (exact) mass is 394 g/mol. The highest BCUT2D eigenvalue weighted by Crippen LogP contribution is 2.12. The predicted molar refractivity (Wildman–Crippen MR) is 89.5 cm³/mol. The minimum atomic E-state index is -0.588. The molecule has 1 unspecified atom stereocenters. The Morgan fingerprint density at radius 2 is 2.23 bits per heavy atom. The van der Waals surface area contributed by atoms with Gasteiger partial charge >= 0.3 is 5.69 Å². The maximum Gasteiger partial charge on any atom is 0.328 e. The average Bonchev–Trinajstić information content (AvgIpc) is 2.46. The van der Waals surface area contributed by atoms with Crippen LogP contribution in [-0.4, -0.2) is 35.1 Å². The van der Waals surface area contributed by atoms with Crippen molar-refractivity contribution < 1.29 is 4.79 Å². The number of nitrogens with one attached hydrogen (secondary N) is 3. The van der Waals surface area contributed by atoms with Gasteiger partial charge in [0.2, 0.25) is 5.91 Å². The second-order valence-electron chi connectivity index (χ2n) is 5.22. The molecule has 0 bridgehead atoms. The van der Waals surface area contributed by atoms with E-state index in [4.69, 9.17) is 0 Å².